The van der Waals surface area contributed by atoms with E-state index in [-0.39, 0.29) is 40.3 Å². The van der Waals surface area contributed by atoms with Crippen molar-refractivity contribution in [3.8, 4) is 11.5 Å². The molecule has 0 spiro atoms. The average molecular weight is 678 g/mol. The molecule has 0 unspecified atom stereocenters. The van der Waals surface area contributed by atoms with Crippen LogP contribution in [0.4, 0.5) is 16.2 Å². The van der Waals surface area contributed by atoms with Crippen LogP contribution in [-0.4, -0.2) is 60.9 Å². The number of anilines is 2. The van der Waals surface area contributed by atoms with Crippen molar-refractivity contribution in [2.75, 3.05) is 37.0 Å². The van der Waals surface area contributed by atoms with Gasteiger partial charge in [-0.05, 0) is 94.1 Å². The number of nitrogens with one attached hydrogen (secondary N) is 3. The number of urea groups is 1. The minimum atomic E-state index is -3.60. The van der Waals surface area contributed by atoms with E-state index < -0.39 is 16.1 Å². The maximum absolute atomic E-state index is 13.5. The van der Waals surface area contributed by atoms with Gasteiger partial charge < -0.3 is 20.1 Å². The molecule has 4 aromatic rings. The molecular weight excluding hydrogens is 630 g/mol. The Bertz CT molecular complexity index is 1910. The molecule has 1 aliphatic carbocycles. The van der Waals surface area contributed by atoms with Crippen molar-refractivity contribution < 1.29 is 22.7 Å². The zero-order valence-corrected chi connectivity index (χ0v) is 30.0. The Balaban J connectivity index is 1.38. The smallest absolute Gasteiger partial charge is 0.319 e. The number of sulfonamides is 1. The molecular formula is C35H47N7O5S. The van der Waals surface area contributed by atoms with Gasteiger partial charge >= 0.3 is 6.03 Å². The summed E-state index contributed by atoms with van der Waals surface area (Å²) < 4.78 is 41.8. The summed E-state index contributed by atoms with van der Waals surface area (Å²) in [6.45, 7) is 11.8. The number of benzene rings is 2. The minimum Gasteiger partial charge on any atom is -0.492 e. The van der Waals surface area contributed by atoms with Crippen LogP contribution >= 0.6 is 0 Å². The van der Waals surface area contributed by atoms with Gasteiger partial charge in [0.15, 0.2) is 17.2 Å². The van der Waals surface area contributed by atoms with Gasteiger partial charge in [0.05, 0.1) is 42.0 Å². The zero-order valence-electron chi connectivity index (χ0n) is 29.2. The second-order valence-corrected chi connectivity index (χ2v) is 15.9. The summed E-state index contributed by atoms with van der Waals surface area (Å²) in [5.41, 5.74) is 3.49. The zero-order chi connectivity index (χ0) is 35.0. The Kier molecular flexibility index (Phi) is 9.67. The lowest BCUT2D eigenvalue weighted by Gasteiger charge is -2.33. The average Bonchev–Trinajstić information content (AvgIpc) is 3.45. The third-order valence-electron chi connectivity index (χ3n) is 9.11. The highest BCUT2D eigenvalue weighted by molar-refractivity contribution is 7.92. The van der Waals surface area contributed by atoms with Gasteiger partial charge in [0.1, 0.15) is 11.9 Å². The summed E-state index contributed by atoms with van der Waals surface area (Å²) >= 11 is 0. The molecule has 0 saturated carbocycles. The van der Waals surface area contributed by atoms with E-state index in [1.165, 1.54) is 7.11 Å². The maximum Gasteiger partial charge on any atom is 0.319 e. The highest BCUT2D eigenvalue weighted by Crippen LogP contribution is 2.41. The molecule has 1 aliphatic rings. The van der Waals surface area contributed by atoms with Crippen LogP contribution in [0, 0.1) is 0 Å². The molecule has 0 bridgehead atoms. The van der Waals surface area contributed by atoms with Crippen LogP contribution in [0.2, 0.25) is 0 Å². The van der Waals surface area contributed by atoms with Crippen molar-refractivity contribution in [1.29, 1.82) is 0 Å². The van der Waals surface area contributed by atoms with Gasteiger partial charge in [0.2, 0.25) is 10.0 Å². The van der Waals surface area contributed by atoms with Crippen LogP contribution in [0.15, 0.2) is 54.7 Å². The first-order valence-electron chi connectivity index (χ1n) is 16.1. The van der Waals surface area contributed by atoms with Crippen molar-refractivity contribution in [3.05, 3.63) is 77.2 Å². The molecule has 2 aromatic carbocycles. The van der Waals surface area contributed by atoms with E-state index in [0.29, 0.717) is 24.3 Å². The quantitative estimate of drug-likeness (QED) is 0.176. The third-order valence-corrected chi connectivity index (χ3v) is 10.4. The number of rotatable bonds is 10. The van der Waals surface area contributed by atoms with Gasteiger partial charge in [-0.25, -0.2) is 13.2 Å². The Hall–Kier alpha value is -4.36. The van der Waals surface area contributed by atoms with Crippen molar-refractivity contribution in [1.82, 2.24) is 24.8 Å². The fourth-order valence-electron chi connectivity index (χ4n) is 5.75. The summed E-state index contributed by atoms with van der Waals surface area (Å²) in [6.07, 6.45) is 3.02. The summed E-state index contributed by atoms with van der Waals surface area (Å²) in [5, 5.41) is 14.9. The lowest BCUT2D eigenvalue weighted by Crippen LogP contribution is -2.37. The first-order chi connectivity index (χ1) is 22.5. The number of nitrogens with zero attached hydrogens (tertiary/aromatic N) is 4. The maximum atomic E-state index is 13.5. The number of carbonyl (C=O) groups excluding carboxylic acids is 1. The number of pyridine rings is 1. The third kappa shape index (κ3) is 7.21. The molecule has 48 heavy (non-hydrogen) atoms. The summed E-state index contributed by atoms with van der Waals surface area (Å²) in [7, 11) is 1.88. The van der Waals surface area contributed by atoms with E-state index in [4.69, 9.17) is 9.47 Å². The van der Waals surface area contributed by atoms with Crippen LogP contribution in [0.25, 0.3) is 5.65 Å². The predicted molar refractivity (Wildman–Crippen MR) is 188 cm³/mol. The van der Waals surface area contributed by atoms with E-state index in [2.05, 4.69) is 44.3 Å². The molecule has 0 radical (unpaired) electrons. The second kappa shape index (κ2) is 13.3. The van der Waals surface area contributed by atoms with E-state index in [1.807, 2.05) is 87.9 Å². The Morgan fingerprint density at radius 2 is 1.69 bits per heavy atom. The SMILES string of the molecule is CCS(=O)(=O)Nc1cc(C(C)(C)C)cc(NC(=O)N[C@H]2CC[C@@H](Oc3ccc4nnc(C(C)(C)N(C)C)n4c3)c3ccccc32)c1OC. The molecule has 0 aliphatic heterocycles. The molecule has 0 saturated heterocycles. The normalized spacial score (nSPS) is 16.8. The summed E-state index contributed by atoms with van der Waals surface area (Å²) in [6, 6.07) is 14.6. The molecule has 3 N–H and O–H groups in total. The Morgan fingerprint density at radius 1 is 1.00 bits per heavy atom. The fourth-order valence-corrected chi connectivity index (χ4v) is 6.38. The summed E-state index contributed by atoms with van der Waals surface area (Å²) in [4.78, 5) is 15.6. The number of fused-ring (bicyclic) bond motifs is 2. The first kappa shape index (κ1) is 35.0. The number of ether oxygens (including phenoxy) is 2. The van der Waals surface area contributed by atoms with Gasteiger partial charge in [-0.15, -0.1) is 10.2 Å². The van der Waals surface area contributed by atoms with Crippen molar-refractivity contribution in [3.63, 3.8) is 0 Å². The first-order valence-corrected chi connectivity index (χ1v) is 17.8. The van der Waals surface area contributed by atoms with Crippen molar-refractivity contribution >= 4 is 33.1 Å². The number of carbonyl (C=O) groups is 1. The van der Waals surface area contributed by atoms with Crippen LogP contribution in [0.3, 0.4) is 0 Å². The lowest BCUT2D eigenvalue weighted by atomic mass is 9.85. The molecule has 2 amide bonds. The van der Waals surface area contributed by atoms with Crippen molar-refractivity contribution in [2.45, 2.75) is 77.5 Å². The lowest BCUT2D eigenvalue weighted by molar-refractivity contribution is 0.170. The van der Waals surface area contributed by atoms with Gasteiger partial charge in [-0.2, -0.15) is 0 Å². The van der Waals surface area contributed by atoms with Gasteiger partial charge in [0, 0.05) is 0 Å². The topological polar surface area (TPSA) is 139 Å². The van der Waals surface area contributed by atoms with Crippen LogP contribution in [0.1, 0.15) is 89.0 Å². The molecule has 0 fully saturated rings. The monoisotopic (exact) mass is 677 g/mol. The molecule has 13 heteroatoms. The molecule has 258 valence electrons. The summed E-state index contributed by atoms with van der Waals surface area (Å²) in [5.74, 6) is 1.64. The molecule has 2 aromatic heterocycles. The van der Waals surface area contributed by atoms with E-state index >= 15 is 0 Å². The van der Waals surface area contributed by atoms with Crippen molar-refractivity contribution in [2.24, 2.45) is 0 Å². The number of hydrogen-bond acceptors (Lipinski definition) is 8. The minimum absolute atomic E-state index is 0.101. The highest BCUT2D eigenvalue weighted by Gasteiger charge is 2.32. The largest absolute Gasteiger partial charge is 0.492 e. The van der Waals surface area contributed by atoms with Gasteiger partial charge in [-0.1, -0.05) is 45.0 Å². The number of hydrogen-bond donors (Lipinski definition) is 3. The van der Waals surface area contributed by atoms with Crippen LogP contribution in [-0.2, 0) is 21.0 Å². The molecule has 5 rings (SSSR count). The van der Waals surface area contributed by atoms with E-state index in [1.54, 1.807) is 13.0 Å². The van der Waals surface area contributed by atoms with E-state index in [9.17, 15) is 13.2 Å². The standard InChI is InChI=1S/C35H47N7O5S/c1-10-48(44,45)40-28-20-22(34(2,3)4)19-27(31(28)46-9)37-33(43)36-26-16-17-29(25-14-12-11-13-24(25)26)47-23-15-18-30-38-39-32(42(30)21-23)35(5,6)41(7)8/h11-15,18-21,26,29,40H,10,16-17H2,1-9H3,(H2,36,37,43)/t26-,29+/m0/s1. The van der Waals surface area contributed by atoms with Crippen LogP contribution in [0.5, 0.6) is 11.5 Å². The molecule has 2 heterocycles. The Morgan fingerprint density at radius 3 is 2.33 bits per heavy atom. The highest BCUT2D eigenvalue weighted by atomic mass is 32.2. The fraction of sp³-hybridized carbons (Fsp3) is 0.457. The number of amides is 2. The van der Waals surface area contributed by atoms with Crippen LogP contribution < -0.4 is 24.8 Å². The number of aromatic nitrogens is 3. The van der Waals surface area contributed by atoms with Gasteiger partial charge in [0.25, 0.3) is 0 Å². The molecule has 12 nitrogen and oxygen atoms in total. The molecule has 2 atom stereocenters. The van der Waals surface area contributed by atoms with E-state index in [0.717, 1.165) is 28.2 Å². The number of methoxy groups -OCH3 is 1. The predicted octanol–water partition coefficient (Wildman–Crippen LogP) is 6.37. The van der Waals surface area contributed by atoms with Gasteiger partial charge in [-0.3, -0.25) is 14.0 Å². The second-order valence-electron chi connectivity index (χ2n) is 13.9. The Labute approximate surface area is 283 Å².